The Morgan fingerprint density at radius 2 is 2.09 bits per heavy atom. The molecule has 2 N–H and O–H groups in total. The molecule has 0 aliphatic rings. The Labute approximate surface area is 66.0 Å². The number of aryl methyl sites for hydroxylation is 1. The standard InChI is InChI=1S/C9H12FN/c1-6-4-3-5-8(10)9(6)7(2)11/h3-5,7H,11H2,1-2H3/t7-/m0/s1. The summed E-state index contributed by atoms with van der Waals surface area (Å²) in [4.78, 5) is 0. The molecule has 0 aliphatic carbocycles. The van der Waals surface area contributed by atoms with E-state index in [-0.39, 0.29) is 11.9 Å². The van der Waals surface area contributed by atoms with E-state index in [1.807, 2.05) is 13.0 Å². The summed E-state index contributed by atoms with van der Waals surface area (Å²) in [5.41, 5.74) is 7.11. The van der Waals surface area contributed by atoms with Crippen LogP contribution in [0.2, 0.25) is 0 Å². The van der Waals surface area contributed by atoms with Gasteiger partial charge in [-0.25, -0.2) is 4.39 Å². The summed E-state index contributed by atoms with van der Waals surface area (Å²) in [6.45, 7) is 3.65. The smallest absolute Gasteiger partial charge is 0.128 e. The molecule has 0 aliphatic heterocycles. The lowest BCUT2D eigenvalue weighted by Crippen LogP contribution is -2.09. The lowest BCUT2D eigenvalue weighted by Gasteiger charge is -2.09. The Balaban J connectivity index is 3.21. The number of halogens is 1. The Morgan fingerprint density at radius 3 is 2.45 bits per heavy atom. The molecule has 0 aromatic heterocycles. The van der Waals surface area contributed by atoms with Crippen LogP contribution in [0.4, 0.5) is 4.39 Å². The van der Waals surface area contributed by atoms with Crippen LogP contribution in [0, 0.1) is 12.7 Å². The van der Waals surface area contributed by atoms with Crippen molar-refractivity contribution in [3.05, 3.63) is 35.1 Å². The molecule has 0 bridgehead atoms. The highest BCUT2D eigenvalue weighted by molar-refractivity contribution is 5.29. The van der Waals surface area contributed by atoms with Crippen molar-refractivity contribution >= 4 is 0 Å². The van der Waals surface area contributed by atoms with Crippen molar-refractivity contribution in [1.82, 2.24) is 0 Å². The minimum absolute atomic E-state index is 0.208. The largest absolute Gasteiger partial charge is 0.324 e. The molecule has 11 heavy (non-hydrogen) atoms. The fourth-order valence-electron chi connectivity index (χ4n) is 1.22. The second kappa shape index (κ2) is 3.01. The van der Waals surface area contributed by atoms with Crippen molar-refractivity contribution in [2.75, 3.05) is 0 Å². The van der Waals surface area contributed by atoms with E-state index in [1.165, 1.54) is 6.07 Å². The Hall–Kier alpha value is -0.890. The molecule has 1 aromatic rings. The Morgan fingerprint density at radius 1 is 1.45 bits per heavy atom. The number of hydrogen-bond acceptors (Lipinski definition) is 1. The van der Waals surface area contributed by atoms with Gasteiger partial charge in [0.15, 0.2) is 0 Å². The maximum Gasteiger partial charge on any atom is 0.128 e. The fraction of sp³-hybridized carbons (Fsp3) is 0.333. The molecule has 60 valence electrons. The van der Waals surface area contributed by atoms with Gasteiger partial charge < -0.3 is 5.73 Å². The average molecular weight is 153 g/mol. The topological polar surface area (TPSA) is 26.0 Å². The summed E-state index contributed by atoms with van der Waals surface area (Å²) >= 11 is 0. The second-order valence-corrected chi connectivity index (χ2v) is 2.76. The van der Waals surface area contributed by atoms with E-state index in [0.717, 1.165) is 5.56 Å². The summed E-state index contributed by atoms with van der Waals surface area (Å²) in [6, 6.07) is 4.76. The molecule has 1 atom stereocenters. The van der Waals surface area contributed by atoms with E-state index < -0.39 is 0 Å². The van der Waals surface area contributed by atoms with Gasteiger partial charge in [-0.3, -0.25) is 0 Å². The van der Waals surface area contributed by atoms with Gasteiger partial charge >= 0.3 is 0 Å². The third-order valence-corrected chi connectivity index (χ3v) is 1.73. The van der Waals surface area contributed by atoms with Gasteiger partial charge in [0.05, 0.1) is 0 Å². The summed E-state index contributed by atoms with van der Waals surface area (Å²) in [6.07, 6.45) is 0. The minimum Gasteiger partial charge on any atom is -0.324 e. The third kappa shape index (κ3) is 1.57. The summed E-state index contributed by atoms with van der Waals surface area (Å²) in [5.74, 6) is -0.208. The van der Waals surface area contributed by atoms with Crippen LogP contribution in [0.1, 0.15) is 24.1 Å². The highest BCUT2D eigenvalue weighted by Crippen LogP contribution is 2.18. The predicted octanol–water partition coefficient (Wildman–Crippen LogP) is 2.15. The van der Waals surface area contributed by atoms with E-state index in [2.05, 4.69) is 0 Å². The molecule has 0 radical (unpaired) electrons. The Kier molecular flexibility index (Phi) is 2.25. The van der Waals surface area contributed by atoms with Crippen LogP contribution < -0.4 is 5.73 Å². The number of benzene rings is 1. The van der Waals surface area contributed by atoms with Crippen molar-refractivity contribution in [2.45, 2.75) is 19.9 Å². The SMILES string of the molecule is Cc1cccc(F)c1[C@H](C)N. The Bertz CT molecular complexity index is 235. The molecule has 0 saturated carbocycles. The predicted molar refractivity (Wildman–Crippen MR) is 43.7 cm³/mol. The fourth-order valence-corrected chi connectivity index (χ4v) is 1.22. The monoisotopic (exact) mass is 153 g/mol. The second-order valence-electron chi connectivity index (χ2n) is 2.76. The quantitative estimate of drug-likeness (QED) is 0.657. The van der Waals surface area contributed by atoms with E-state index >= 15 is 0 Å². The average Bonchev–Trinajstić information content (AvgIpc) is 1.85. The van der Waals surface area contributed by atoms with Gasteiger partial charge in [-0.2, -0.15) is 0 Å². The number of rotatable bonds is 1. The number of nitrogens with two attached hydrogens (primary N) is 1. The van der Waals surface area contributed by atoms with Crippen LogP contribution in [0.3, 0.4) is 0 Å². The first-order chi connectivity index (χ1) is 5.13. The molecule has 0 heterocycles. The van der Waals surface area contributed by atoms with Crippen LogP contribution >= 0.6 is 0 Å². The van der Waals surface area contributed by atoms with Gasteiger partial charge in [0.1, 0.15) is 5.82 Å². The highest BCUT2D eigenvalue weighted by Gasteiger charge is 2.08. The van der Waals surface area contributed by atoms with Crippen LogP contribution in [0.25, 0.3) is 0 Å². The van der Waals surface area contributed by atoms with Crippen LogP contribution in [0.5, 0.6) is 0 Å². The molecule has 0 spiro atoms. The van der Waals surface area contributed by atoms with E-state index in [4.69, 9.17) is 5.73 Å². The van der Waals surface area contributed by atoms with Crippen molar-refractivity contribution in [2.24, 2.45) is 5.73 Å². The lowest BCUT2D eigenvalue weighted by molar-refractivity contribution is 0.591. The van der Waals surface area contributed by atoms with Crippen molar-refractivity contribution in [1.29, 1.82) is 0 Å². The van der Waals surface area contributed by atoms with Gasteiger partial charge in [0, 0.05) is 11.6 Å². The lowest BCUT2D eigenvalue weighted by atomic mass is 10.0. The zero-order valence-corrected chi connectivity index (χ0v) is 6.76. The minimum atomic E-state index is -0.226. The first kappa shape index (κ1) is 8.21. The van der Waals surface area contributed by atoms with Crippen LogP contribution in [0.15, 0.2) is 18.2 Å². The summed E-state index contributed by atoms with van der Waals surface area (Å²) < 4.78 is 13.0. The molecule has 1 rings (SSSR count). The van der Waals surface area contributed by atoms with E-state index in [9.17, 15) is 4.39 Å². The first-order valence-electron chi connectivity index (χ1n) is 3.63. The summed E-state index contributed by atoms with van der Waals surface area (Å²) in [5, 5.41) is 0. The van der Waals surface area contributed by atoms with Crippen LogP contribution in [-0.4, -0.2) is 0 Å². The van der Waals surface area contributed by atoms with E-state index in [1.54, 1.807) is 13.0 Å². The highest BCUT2D eigenvalue weighted by atomic mass is 19.1. The summed E-state index contributed by atoms with van der Waals surface area (Å²) in [7, 11) is 0. The van der Waals surface area contributed by atoms with Gasteiger partial charge in [-0.1, -0.05) is 12.1 Å². The molecule has 1 aromatic carbocycles. The van der Waals surface area contributed by atoms with Crippen molar-refractivity contribution in [3.8, 4) is 0 Å². The van der Waals surface area contributed by atoms with Crippen molar-refractivity contribution < 1.29 is 4.39 Å². The zero-order chi connectivity index (χ0) is 8.43. The first-order valence-corrected chi connectivity index (χ1v) is 3.63. The molecule has 0 saturated heterocycles. The van der Waals surface area contributed by atoms with Gasteiger partial charge in [-0.05, 0) is 25.5 Å². The van der Waals surface area contributed by atoms with Gasteiger partial charge in [-0.15, -0.1) is 0 Å². The molecule has 0 fully saturated rings. The van der Waals surface area contributed by atoms with Crippen molar-refractivity contribution in [3.63, 3.8) is 0 Å². The molecular weight excluding hydrogens is 141 g/mol. The number of hydrogen-bond donors (Lipinski definition) is 1. The molecule has 2 heteroatoms. The maximum atomic E-state index is 13.0. The molecular formula is C9H12FN. The third-order valence-electron chi connectivity index (χ3n) is 1.73. The van der Waals surface area contributed by atoms with E-state index in [0.29, 0.717) is 5.56 Å². The normalized spacial score (nSPS) is 13.1. The maximum absolute atomic E-state index is 13.0. The molecule has 0 amide bonds. The van der Waals surface area contributed by atoms with Gasteiger partial charge in [0.25, 0.3) is 0 Å². The zero-order valence-electron chi connectivity index (χ0n) is 6.76. The van der Waals surface area contributed by atoms with Crippen LogP contribution in [-0.2, 0) is 0 Å². The van der Waals surface area contributed by atoms with Gasteiger partial charge in [0.2, 0.25) is 0 Å². The molecule has 0 unspecified atom stereocenters. The molecule has 1 nitrogen and oxygen atoms in total.